The number of hydrogen-bond acceptors (Lipinski definition) is 3. The van der Waals surface area contributed by atoms with E-state index in [2.05, 4.69) is 10.1 Å². The van der Waals surface area contributed by atoms with E-state index < -0.39 is 5.92 Å². The summed E-state index contributed by atoms with van der Waals surface area (Å²) in [6, 6.07) is 0. The summed E-state index contributed by atoms with van der Waals surface area (Å²) in [6.45, 7) is 0. The van der Waals surface area contributed by atoms with Crippen molar-refractivity contribution in [1.82, 2.24) is 14.8 Å². The van der Waals surface area contributed by atoms with E-state index in [1.165, 1.54) is 4.68 Å². The first-order chi connectivity index (χ1) is 6.48. The van der Waals surface area contributed by atoms with Crippen molar-refractivity contribution in [3.63, 3.8) is 0 Å². The van der Waals surface area contributed by atoms with Crippen LogP contribution in [0.25, 0.3) is 0 Å². The van der Waals surface area contributed by atoms with Crippen LogP contribution in [-0.4, -0.2) is 20.7 Å². The van der Waals surface area contributed by atoms with Crippen LogP contribution in [0.3, 0.4) is 0 Å². The second kappa shape index (κ2) is 2.90. The van der Waals surface area contributed by atoms with E-state index in [0.717, 1.165) is 0 Å². The minimum Gasteiger partial charge on any atom is -0.368 e. The van der Waals surface area contributed by atoms with Crippen LogP contribution in [0, 0.1) is 0 Å². The highest BCUT2D eigenvalue weighted by Gasteiger charge is 2.41. The highest BCUT2D eigenvalue weighted by molar-refractivity contribution is 5.18. The van der Waals surface area contributed by atoms with Crippen LogP contribution in [0.1, 0.15) is 31.0 Å². The van der Waals surface area contributed by atoms with Gasteiger partial charge < -0.3 is 5.73 Å². The van der Waals surface area contributed by atoms with Gasteiger partial charge in [-0.1, -0.05) is 0 Å². The molecule has 14 heavy (non-hydrogen) atoms. The molecule has 2 N–H and O–H groups in total. The summed E-state index contributed by atoms with van der Waals surface area (Å²) in [5.41, 5.74) is 5.48. The Morgan fingerprint density at radius 2 is 2.29 bits per heavy atom. The van der Waals surface area contributed by atoms with Gasteiger partial charge in [0, 0.05) is 25.8 Å². The van der Waals surface area contributed by atoms with E-state index in [4.69, 9.17) is 5.73 Å². The number of rotatable bonds is 1. The van der Waals surface area contributed by atoms with E-state index in [1.807, 2.05) is 0 Å². The first-order valence-electron chi connectivity index (χ1n) is 4.52. The van der Waals surface area contributed by atoms with Crippen molar-refractivity contribution < 1.29 is 8.78 Å². The fourth-order valence-corrected chi connectivity index (χ4v) is 1.76. The molecule has 4 nitrogen and oxygen atoms in total. The predicted molar refractivity (Wildman–Crippen MR) is 47.0 cm³/mol. The first kappa shape index (κ1) is 9.36. The lowest BCUT2D eigenvalue weighted by atomic mass is 10.1. The largest absolute Gasteiger partial charge is 0.368 e. The van der Waals surface area contributed by atoms with Gasteiger partial charge in [-0.25, -0.2) is 13.5 Å². The Labute approximate surface area is 80.1 Å². The molecule has 1 aromatic heterocycles. The Bertz CT molecular complexity index is 328. The SMILES string of the molecule is Cn1nc(C2CCC(F)(F)C2)nc1N. The monoisotopic (exact) mass is 202 g/mol. The second-order valence-corrected chi connectivity index (χ2v) is 3.75. The quantitative estimate of drug-likeness (QED) is 0.746. The third-order valence-electron chi connectivity index (χ3n) is 2.58. The lowest BCUT2D eigenvalue weighted by molar-refractivity contribution is 0.00754. The van der Waals surface area contributed by atoms with Gasteiger partial charge in [0.1, 0.15) is 0 Å². The molecule has 1 aliphatic carbocycles. The molecule has 0 amide bonds. The second-order valence-electron chi connectivity index (χ2n) is 3.75. The fourth-order valence-electron chi connectivity index (χ4n) is 1.76. The molecule has 0 spiro atoms. The van der Waals surface area contributed by atoms with Crippen LogP contribution < -0.4 is 5.73 Å². The van der Waals surface area contributed by atoms with Gasteiger partial charge in [0.05, 0.1) is 0 Å². The third kappa shape index (κ3) is 1.56. The standard InChI is InChI=1S/C8H12F2N4/c1-14-7(11)12-6(13-14)5-2-3-8(9,10)4-5/h5H,2-4H2,1H3,(H2,11,12,13). The van der Waals surface area contributed by atoms with Crippen LogP contribution in [0.2, 0.25) is 0 Å². The zero-order valence-electron chi connectivity index (χ0n) is 7.87. The van der Waals surface area contributed by atoms with E-state index >= 15 is 0 Å². The summed E-state index contributed by atoms with van der Waals surface area (Å²) >= 11 is 0. The van der Waals surface area contributed by atoms with Crippen LogP contribution in [0.4, 0.5) is 14.7 Å². The molecular weight excluding hydrogens is 190 g/mol. The number of nitrogens with zero attached hydrogens (tertiary/aromatic N) is 3. The molecule has 1 atom stereocenters. The summed E-state index contributed by atoms with van der Waals surface area (Å²) in [4.78, 5) is 3.95. The number of nitrogens with two attached hydrogens (primary N) is 1. The molecule has 0 bridgehead atoms. The average molecular weight is 202 g/mol. The van der Waals surface area contributed by atoms with Gasteiger partial charge in [0.2, 0.25) is 11.9 Å². The normalized spacial score (nSPS) is 25.5. The molecule has 0 saturated heterocycles. The van der Waals surface area contributed by atoms with Crippen molar-refractivity contribution in [2.45, 2.75) is 31.1 Å². The zero-order chi connectivity index (χ0) is 10.3. The molecule has 0 aliphatic heterocycles. The Kier molecular flexibility index (Phi) is 1.94. The molecule has 1 aliphatic rings. The zero-order valence-corrected chi connectivity index (χ0v) is 7.87. The van der Waals surface area contributed by atoms with E-state index in [0.29, 0.717) is 12.2 Å². The van der Waals surface area contributed by atoms with E-state index in [9.17, 15) is 8.78 Å². The van der Waals surface area contributed by atoms with Crippen molar-refractivity contribution in [2.75, 3.05) is 5.73 Å². The van der Waals surface area contributed by atoms with E-state index in [1.54, 1.807) is 7.05 Å². The summed E-state index contributed by atoms with van der Waals surface area (Å²) < 4.78 is 27.2. The summed E-state index contributed by atoms with van der Waals surface area (Å²) in [6.07, 6.45) is 0.211. The molecule has 1 fully saturated rings. The summed E-state index contributed by atoms with van der Waals surface area (Å²) in [5, 5.41) is 4.00. The Morgan fingerprint density at radius 3 is 2.71 bits per heavy atom. The van der Waals surface area contributed by atoms with Gasteiger partial charge in [0.25, 0.3) is 0 Å². The number of aryl methyl sites for hydroxylation is 1. The smallest absolute Gasteiger partial charge is 0.248 e. The molecule has 0 radical (unpaired) electrons. The van der Waals surface area contributed by atoms with Crippen LogP contribution >= 0.6 is 0 Å². The topological polar surface area (TPSA) is 56.7 Å². The fraction of sp³-hybridized carbons (Fsp3) is 0.750. The number of aromatic nitrogens is 3. The maximum atomic E-state index is 12.9. The number of hydrogen-bond donors (Lipinski definition) is 1. The summed E-state index contributed by atoms with van der Waals surface area (Å²) in [7, 11) is 1.65. The molecule has 0 aromatic carbocycles. The minimum absolute atomic E-state index is 0.0736. The molecule has 1 heterocycles. The van der Waals surface area contributed by atoms with Gasteiger partial charge in [-0.15, -0.1) is 0 Å². The van der Waals surface area contributed by atoms with Gasteiger partial charge in [-0.2, -0.15) is 10.1 Å². The number of alkyl halides is 2. The molecule has 78 valence electrons. The van der Waals surface area contributed by atoms with Crippen molar-refractivity contribution in [3.05, 3.63) is 5.82 Å². The number of anilines is 1. The molecule has 1 aromatic rings. The van der Waals surface area contributed by atoms with Crippen molar-refractivity contribution in [1.29, 1.82) is 0 Å². The van der Waals surface area contributed by atoms with Gasteiger partial charge in [0.15, 0.2) is 5.82 Å². The van der Waals surface area contributed by atoms with Crippen LogP contribution in [0.5, 0.6) is 0 Å². The van der Waals surface area contributed by atoms with Crippen LogP contribution in [0.15, 0.2) is 0 Å². The maximum Gasteiger partial charge on any atom is 0.248 e. The highest BCUT2D eigenvalue weighted by Crippen LogP contribution is 2.43. The summed E-state index contributed by atoms with van der Waals surface area (Å²) in [5.74, 6) is -2.08. The molecule has 1 unspecified atom stereocenters. The Morgan fingerprint density at radius 1 is 1.57 bits per heavy atom. The van der Waals surface area contributed by atoms with Crippen molar-refractivity contribution in [3.8, 4) is 0 Å². The minimum atomic E-state index is -2.56. The van der Waals surface area contributed by atoms with Crippen LogP contribution in [-0.2, 0) is 7.05 Å². The van der Waals surface area contributed by atoms with Gasteiger partial charge in [-0.05, 0) is 6.42 Å². The van der Waals surface area contributed by atoms with Crippen molar-refractivity contribution >= 4 is 5.95 Å². The molecular formula is C8H12F2N4. The predicted octanol–water partition coefficient (Wildman–Crippen LogP) is 1.30. The lowest BCUT2D eigenvalue weighted by Crippen LogP contribution is -2.09. The van der Waals surface area contributed by atoms with E-state index in [-0.39, 0.29) is 24.7 Å². The average Bonchev–Trinajstić information content (AvgIpc) is 2.57. The number of nitrogen functional groups attached to an aromatic ring is 1. The maximum absolute atomic E-state index is 12.9. The van der Waals surface area contributed by atoms with Crippen molar-refractivity contribution in [2.24, 2.45) is 7.05 Å². The third-order valence-corrected chi connectivity index (χ3v) is 2.58. The van der Waals surface area contributed by atoms with Gasteiger partial charge in [-0.3, -0.25) is 0 Å². The molecule has 6 heteroatoms. The lowest BCUT2D eigenvalue weighted by Gasteiger charge is -2.06. The number of halogens is 2. The Balaban J connectivity index is 2.17. The van der Waals surface area contributed by atoms with Gasteiger partial charge >= 0.3 is 0 Å². The first-order valence-corrected chi connectivity index (χ1v) is 4.52. The Hall–Kier alpha value is -1.20. The molecule has 2 rings (SSSR count). The highest BCUT2D eigenvalue weighted by atomic mass is 19.3. The molecule has 1 saturated carbocycles.